The number of esters is 1. The molecule has 0 amide bonds. The van der Waals surface area contributed by atoms with Crippen LogP contribution < -0.4 is 10.4 Å². The molecular formula is C14H22NO3P. The van der Waals surface area contributed by atoms with Gasteiger partial charge in [0.25, 0.3) is 0 Å². The van der Waals surface area contributed by atoms with Crippen LogP contribution in [0.3, 0.4) is 0 Å². The van der Waals surface area contributed by atoms with Gasteiger partial charge in [0.05, 0.1) is 7.11 Å². The second-order valence-electron chi connectivity index (χ2n) is 5.09. The Balaban J connectivity index is 2.89. The first-order valence-corrected chi connectivity index (χ1v) is 8.51. The molecule has 0 spiro atoms. The van der Waals surface area contributed by atoms with Crippen molar-refractivity contribution in [3.05, 3.63) is 30.3 Å². The van der Waals surface area contributed by atoms with Crippen molar-refractivity contribution in [3.8, 4) is 0 Å². The largest absolute Gasteiger partial charge is 0.468 e. The fraction of sp³-hybridized carbons (Fsp3) is 0.500. The molecule has 1 rings (SSSR count). The first kappa shape index (κ1) is 15.9. The van der Waals surface area contributed by atoms with Crippen LogP contribution in [0.25, 0.3) is 0 Å². The average molecular weight is 283 g/mol. The molecule has 19 heavy (non-hydrogen) atoms. The van der Waals surface area contributed by atoms with E-state index in [4.69, 9.17) is 4.74 Å². The van der Waals surface area contributed by atoms with Gasteiger partial charge < -0.3 is 9.30 Å². The van der Waals surface area contributed by atoms with Crippen molar-refractivity contribution in [2.45, 2.75) is 26.3 Å². The van der Waals surface area contributed by atoms with Gasteiger partial charge in [-0.2, -0.15) is 0 Å². The highest BCUT2D eigenvalue weighted by molar-refractivity contribution is 7.69. The molecule has 0 radical (unpaired) electrons. The zero-order valence-electron chi connectivity index (χ0n) is 11.9. The van der Waals surface area contributed by atoms with Crippen LogP contribution in [0.1, 0.15) is 20.3 Å². The molecule has 0 heterocycles. The minimum atomic E-state index is -2.78. The summed E-state index contributed by atoms with van der Waals surface area (Å²) in [6.45, 7) is 5.67. The van der Waals surface area contributed by atoms with Crippen LogP contribution >= 0.6 is 7.29 Å². The Morgan fingerprint density at radius 1 is 1.32 bits per heavy atom. The van der Waals surface area contributed by atoms with Crippen molar-refractivity contribution in [2.75, 3.05) is 13.8 Å². The predicted octanol–water partition coefficient (Wildman–Crippen LogP) is 2.40. The van der Waals surface area contributed by atoms with E-state index < -0.39 is 13.3 Å². The number of nitrogens with one attached hydrogen (secondary N) is 1. The van der Waals surface area contributed by atoms with E-state index in [0.29, 0.717) is 17.6 Å². The summed E-state index contributed by atoms with van der Waals surface area (Å²) in [6, 6.07) is 8.61. The number of ether oxygens (including phenoxy) is 1. The van der Waals surface area contributed by atoms with Crippen LogP contribution in [-0.4, -0.2) is 25.8 Å². The molecule has 0 aliphatic carbocycles. The summed E-state index contributed by atoms with van der Waals surface area (Å²) in [4.78, 5) is 11.8. The van der Waals surface area contributed by atoms with Crippen LogP contribution in [-0.2, 0) is 14.1 Å². The Morgan fingerprint density at radius 2 is 1.89 bits per heavy atom. The van der Waals surface area contributed by atoms with Crippen LogP contribution in [0.15, 0.2) is 30.3 Å². The molecule has 2 atom stereocenters. The summed E-state index contributed by atoms with van der Waals surface area (Å²) in [5.74, 6) is -0.0564. The normalized spacial score (nSPS) is 15.8. The van der Waals surface area contributed by atoms with Gasteiger partial charge in [0, 0.05) is 12.0 Å². The van der Waals surface area contributed by atoms with E-state index in [2.05, 4.69) is 5.09 Å². The Kier molecular flexibility index (Phi) is 5.77. The third kappa shape index (κ3) is 4.81. The maximum Gasteiger partial charge on any atom is 0.323 e. The quantitative estimate of drug-likeness (QED) is 0.643. The van der Waals surface area contributed by atoms with Crippen molar-refractivity contribution < 1.29 is 14.1 Å². The molecule has 1 aromatic rings. The number of hydrogen-bond donors (Lipinski definition) is 1. The van der Waals surface area contributed by atoms with Crippen LogP contribution in [0.2, 0.25) is 0 Å². The third-order valence-electron chi connectivity index (χ3n) is 2.84. The standard InChI is InChI=1S/C14H22NO3P/c1-11(2)10-13(14(16)18-3)15-19(4,17)12-8-6-5-7-9-12/h5-9,11,13H,10H2,1-4H3,(H,15,17)/t13-,19?/m1/s1. The molecule has 1 N–H and O–H groups in total. The number of rotatable bonds is 6. The molecule has 0 saturated heterocycles. The Bertz CT molecular complexity index is 459. The average Bonchev–Trinajstić information content (AvgIpc) is 2.37. The first-order chi connectivity index (χ1) is 8.86. The molecule has 106 valence electrons. The number of methoxy groups -OCH3 is 1. The molecule has 1 aromatic carbocycles. The van der Waals surface area contributed by atoms with Crippen LogP contribution in [0, 0.1) is 5.92 Å². The van der Waals surface area contributed by atoms with E-state index in [-0.39, 0.29) is 5.97 Å². The Hall–Kier alpha value is -1.12. The van der Waals surface area contributed by atoms with E-state index >= 15 is 0 Å². The van der Waals surface area contributed by atoms with Gasteiger partial charge in [0.15, 0.2) is 7.29 Å². The van der Waals surface area contributed by atoms with Gasteiger partial charge in [-0.25, -0.2) is 5.09 Å². The number of carbonyl (C=O) groups is 1. The van der Waals surface area contributed by atoms with Gasteiger partial charge in [-0.1, -0.05) is 44.2 Å². The molecule has 0 aliphatic rings. The van der Waals surface area contributed by atoms with Crippen molar-refractivity contribution >= 4 is 18.6 Å². The summed E-state index contributed by atoms with van der Waals surface area (Å²) in [6.07, 6.45) is 0.595. The summed E-state index contributed by atoms with van der Waals surface area (Å²) in [5, 5.41) is 3.69. The van der Waals surface area contributed by atoms with Crippen molar-refractivity contribution in [1.82, 2.24) is 5.09 Å². The van der Waals surface area contributed by atoms with Crippen molar-refractivity contribution in [1.29, 1.82) is 0 Å². The van der Waals surface area contributed by atoms with Crippen LogP contribution in [0.4, 0.5) is 0 Å². The molecule has 5 heteroatoms. The maximum atomic E-state index is 12.7. The topological polar surface area (TPSA) is 55.4 Å². The maximum absolute atomic E-state index is 12.7. The van der Waals surface area contributed by atoms with Gasteiger partial charge in [-0.3, -0.25) is 4.79 Å². The fourth-order valence-corrected chi connectivity index (χ4v) is 3.60. The van der Waals surface area contributed by atoms with Gasteiger partial charge in [0.1, 0.15) is 6.04 Å². The molecule has 0 fully saturated rings. The SMILES string of the molecule is COC(=O)[C@@H](CC(C)C)NP(C)(=O)c1ccccc1. The van der Waals surface area contributed by atoms with Crippen LogP contribution in [0.5, 0.6) is 0 Å². The lowest BCUT2D eigenvalue weighted by Crippen LogP contribution is -2.38. The molecule has 1 unspecified atom stereocenters. The minimum absolute atomic E-state index is 0.312. The lowest BCUT2D eigenvalue weighted by Gasteiger charge is -2.23. The summed E-state index contributed by atoms with van der Waals surface area (Å²) in [5.41, 5.74) is 0. The lowest BCUT2D eigenvalue weighted by molar-refractivity contribution is -0.143. The number of benzene rings is 1. The summed E-state index contributed by atoms with van der Waals surface area (Å²) < 4.78 is 17.5. The van der Waals surface area contributed by atoms with E-state index in [1.165, 1.54) is 7.11 Å². The number of carbonyl (C=O) groups excluding carboxylic acids is 1. The lowest BCUT2D eigenvalue weighted by atomic mass is 10.1. The molecular weight excluding hydrogens is 261 g/mol. The predicted molar refractivity (Wildman–Crippen MR) is 78.0 cm³/mol. The third-order valence-corrected chi connectivity index (χ3v) is 4.93. The highest BCUT2D eigenvalue weighted by Gasteiger charge is 2.28. The van der Waals surface area contributed by atoms with Crippen molar-refractivity contribution in [3.63, 3.8) is 0 Å². The highest BCUT2D eigenvalue weighted by Crippen LogP contribution is 2.36. The fourth-order valence-electron chi connectivity index (χ4n) is 1.90. The Morgan fingerprint density at radius 3 is 2.37 bits per heavy atom. The van der Waals surface area contributed by atoms with E-state index in [0.717, 1.165) is 0 Å². The molecule has 0 saturated carbocycles. The number of hydrogen-bond acceptors (Lipinski definition) is 3. The van der Waals surface area contributed by atoms with E-state index in [1.807, 2.05) is 32.0 Å². The molecule has 0 aromatic heterocycles. The molecule has 4 nitrogen and oxygen atoms in total. The smallest absolute Gasteiger partial charge is 0.323 e. The highest BCUT2D eigenvalue weighted by atomic mass is 31.2. The monoisotopic (exact) mass is 283 g/mol. The second-order valence-corrected chi connectivity index (χ2v) is 7.72. The zero-order valence-corrected chi connectivity index (χ0v) is 12.8. The second kappa shape index (κ2) is 6.88. The van der Waals surface area contributed by atoms with Gasteiger partial charge in [0.2, 0.25) is 0 Å². The summed E-state index contributed by atoms with van der Waals surface area (Å²) >= 11 is 0. The molecule has 0 aliphatic heterocycles. The van der Waals surface area contributed by atoms with Gasteiger partial charge >= 0.3 is 5.97 Å². The van der Waals surface area contributed by atoms with E-state index in [9.17, 15) is 9.36 Å². The van der Waals surface area contributed by atoms with Crippen molar-refractivity contribution in [2.24, 2.45) is 5.92 Å². The first-order valence-electron chi connectivity index (χ1n) is 6.35. The minimum Gasteiger partial charge on any atom is -0.468 e. The van der Waals surface area contributed by atoms with Gasteiger partial charge in [-0.15, -0.1) is 0 Å². The molecule has 0 bridgehead atoms. The zero-order chi connectivity index (χ0) is 14.5. The Labute approximate surface area is 115 Å². The van der Waals surface area contributed by atoms with Gasteiger partial charge in [-0.05, 0) is 12.3 Å². The summed E-state index contributed by atoms with van der Waals surface area (Å²) in [7, 11) is -1.43. The van der Waals surface area contributed by atoms with E-state index in [1.54, 1.807) is 18.8 Å².